The predicted molar refractivity (Wildman–Crippen MR) is 153 cm³/mol. The molecule has 2 aromatic heterocycles. The zero-order valence-corrected chi connectivity index (χ0v) is 22.5. The van der Waals surface area contributed by atoms with Crippen LogP contribution in [0.4, 0.5) is 5.82 Å². The Hall–Kier alpha value is -4.28. The van der Waals surface area contributed by atoms with E-state index in [9.17, 15) is 4.79 Å². The number of anilines is 1. The van der Waals surface area contributed by atoms with Crippen LogP contribution in [0.5, 0.6) is 11.5 Å². The average Bonchev–Trinajstić information content (AvgIpc) is 3.34. The maximum absolute atomic E-state index is 13.0. The second-order valence-electron chi connectivity index (χ2n) is 10.3. The quantitative estimate of drug-likeness (QED) is 0.336. The first-order valence-corrected chi connectivity index (χ1v) is 13.6. The van der Waals surface area contributed by atoms with Crippen molar-refractivity contribution in [1.29, 1.82) is 0 Å². The first kappa shape index (κ1) is 26.0. The van der Waals surface area contributed by atoms with E-state index in [1.807, 2.05) is 70.3 Å². The molecule has 1 atom stereocenters. The maximum Gasteiger partial charge on any atom is 0.246 e. The highest BCUT2D eigenvalue weighted by Crippen LogP contribution is 2.35. The number of nitrogens with two attached hydrogens (primary N) is 1. The minimum absolute atomic E-state index is 0.0165. The van der Waals surface area contributed by atoms with Gasteiger partial charge in [0, 0.05) is 31.3 Å². The number of likely N-dealkylation sites (N-methyl/N-ethyl adjacent to an activating group) is 1. The number of hydrogen-bond acceptors (Lipinski definition) is 8. The van der Waals surface area contributed by atoms with E-state index in [1.54, 1.807) is 6.08 Å². The van der Waals surface area contributed by atoms with Crippen LogP contribution in [0.1, 0.15) is 18.9 Å². The summed E-state index contributed by atoms with van der Waals surface area (Å²) in [6.45, 7) is 3.50. The number of piperidine rings is 1. The lowest BCUT2D eigenvalue weighted by Crippen LogP contribution is -2.47. The molecule has 0 radical (unpaired) electrons. The number of amides is 1. The fourth-order valence-corrected chi connectivity index (χ4v) is 5.16. The largest absolute Gasteiger partial charge is 0.457 e. The Morgan fingerprint density at radius 1 is 1.12 bits per heavy atom. The third-order valence-electron chi connectivity index (χ3n) is 7.58. The van der Waals surface area contributed by atoms with E-state index in [4.69, 9.17) is 20.3 Å². The number of fused-ring (bicyclic) bond motifs is 1. The van der Waals surface area contributed by atoms with E-state index in [0.717, 1.165) is 56.2 Å². The molecule has 1 amide bonds. The van der Waals surface area contributed by atoms with Crippen LogP contribution in [-0.2, 0) is 9.53 Å². The molecule has 2 aliphatic rings. The second kappa shape index (κ2) is 11.4. The van der Waals surface area contributed by atoms with Crippen molar-refractivity contribution in [3.05, 3.63) is 73.1 Å². The van der Waals surface area contributed by atoms with Crippen molar-refractivity contribution in [2.24, 2.45) is 0 Å². The fourth-order valence-electron chi connectivity index (χ4n) is 5.16. The summed E-state index contributed by atoms with van der Waals surface area (Å²) in [6.07, 6.45) is 6.86. The topological polar surface area (TPSA) is 112 Å². The Balaban J connectivity index is 1.21. The highest BCUT2D eigenvalue weighted by molar-refractivity contribution is 5.98. The van der Waals surface area contributed by atoms with Gasteiger partial charge >= 0.3 is 0 Å². The van der Waals surface area contributed by atoms with Gasteiger partial charge in [0.15, 0.2) is 5.65 Å². The lowest BCUT2D eigenvalue weighted by atomic mass is 10.1. The lowest BCUT2D eigenvalue weighted by Gasteiger charge is -2.34. The van der Waals surface area contributed by atoms with Gasteiger partial charge in [0.05, 0.1) is 30.7 Å². The number of aromatic nitrogens is 4. The molecule has 4 heterocycles. The summed E-state index contributed by atoms with van der Waals surface area (Å²) >= 11 is 0. The second-order valence-corrected chi connectivity index (χ2v) is 10.3. The molecule has 10 heteroatoms. The first-order valence-electron chi connectivity index (χ1n) is 13.6. The normalized spacial score (nSPS) is 17.9. The number of nitrogen functional groups attached to an aromatic ring is 1. The number of para-hydroxylation sites is 1. The number of carbonyl (C=O) groups excluding carboxylic acids is 1. The summed E-state index contributed by atoms with van der Waals surface area (Å²) in [4.78, 5) is 25.9. The number of likely N-dealkylation sites (tertiary alicyclic amines) is 1. The summed E-state index contributed by atoms with van der Waals surface area (Å²) in [5.74, 6) is 1.89. The molecular weight excluding hydrogens is 506 g/mol. The molecule has 2 aliphatic heterocycles. The van der Waals surface area contributed by atoms with Crippen molar-refractivity contribution in [1.82, 2.24) is 29.5 Å². The molecule has 206 valence electrons. The number of hydrogen-bond donors (Lipinski definition) is 1. The van der Waals surface area contributed by atoms with Crippen LogP contribution < -0.4 is 10.5 Å². The van der Waals surface area contributed by atoms with Gasteiger partial charge < -0.3 is 20.1 Å². The number of benzene rings is 2. The molecule has 2 fully saturated rings. The molecule has 2 N–H and O–H groups in total. The molecule has 40 heavy (non-hydrogen) atoms. The smallest absolute Gasteiger partial charge is 0.246 e. The molecule has 1 unspecified atom stereocenters. The number of rotatable bonds is 8. The maximum atomic E-state index is 13.0. The van der Waals surface area contributed by atoms with Crippen molar-refractivity contribution in [2.75, 3.05) is 45.6 Å². The molecule has 0 bridgehead atoms. The van der Waals surface area contributed by atoms with E-state index in [-0.39, 0.29) is 11.9 Å². The molecular formula is C30H33N7O3. The Bertz CT molecular complexity index is 1500. The van der Waals surface area contributed by atoms with E-state index in [2.05, 4.69) is 21.9 Å². The van der Waals surface area contributed by atoms with Crippen molar-refractivity contribution in [3.63, 3.8) is 0 Å². The summed E-state index contributed by atoms with van der Waals surface area (Å²) in [5, 5.41) is 5.70. The van der Waals surface area contributed by atoms with Crippen LogP contribution in [0.2, 0.25) is 0 Å². The van der Waals surface area contributed by atoms with Gasteiger partial charge in [0.1, 0.15) is 29.3 Å². The summed E-state index contributed by atoms with van der Waals surface area (Å²) in [6, 6.07) is 17.8. The number of carbonyl (C=O) groups is 1. The number of ether oxygens (including phenoxy) is 2. The van der Waals surface area contributed by atoms with E-state index in [0.29, 0.717) is 35.1 Å². The first-order chi connectivity index (χ1) is 19.6. The summed E-state index contributed by atoms with van der Waals surface area (Å²) in [5.41, 5.74) is 8.62. The van der Waals surface area contributed by atoms with Crippen LogP contribution >= 0.6 is 0 Å². The van der Waals surface area contributed by atoms with Gasteiger partial charge in [-0.3, -0.25) is 9.69 Å². The van der Waals surface area contributed by atoms with Gasteiger partial charge in [-0.25, -0.2) is 14.6 Å². The highest BCUT2D eigenvalue weighted by atomic mass is 16.5. The van der Waals surface area contributed by atoms with Crippen LogP contribution in [0.15, 0.2) is 73.1 Å². The van der Waals surface area contributed by atoms with E-state index < -0.39 is 0 Å². The zero-order chi connectivity index (χ0) is 27.5. The lowest BCUT2D eigenvalue weighted by molar-refractivity contribution is -0.127. The molecule has 0 aliphatic carbocycles. The minimum Gasteiger partial charge on any atom is -0.457 e. The summed E-state index contributed by atoms with van der Waals surface area (Å²) in [7, 11) is 2.05. The monoisotopic (exact) mass is 539 g/mol. The van der Waals surface area contributed by atoms with E-state index >= 15 is 0 Å². The van der Waals surface area contributed by atoms with Crippen LogP contribution in [0, 0.1) is 0 Å². The van der Waals surface area contributed by atoms with Gasteiger partial charge in [-0.2, -0.15) is 5.10 Å². The molecule has 0 saturated carbocycles. The molecule has 6 rings (SSSR count). The molecule has 10 nitrogen and oxygen atoms in total. The highest BCUT2D eigenvalue weighted by Gasteiger charge is 2.28. The molecule has 0 spiro atoms. The Kier molecular flexibility index (Phi) is 7.43. The standard InChI is InChI=1S/C30H33N7O3/c1-35(23-18-39-19-23)15-6-10-26(38)36-16-5-7-22(17-36)37-30-27(29(31)32-20-33-30)28(34-37)21-11-13-25(14-12-21)40-24-8-3-2-4-9-24/h2-4,6,8-14,20,22-23H,5,7,15-19H2,1H3,(H2,31,32,33). The Morgan fingerprint density at radius 2 is 1.90 bits per heavy atom. The van der Waals surface area contributed by atoms with Crippen LogP contribution in [0.3, 0.4) is 0 Å². The predicted octanol–water partition coefficient (Wildman–Crippen LogP) is 3.92. The zero-order valence-electron chi connectivity index (χ0n) is 22.5. The Morgan fingerprint density at radius 3 is 2.65 bits per heavy atom. The average molecular weight is 540 g/mol. The fraction of sp³-hybridized carbons (Fsp3) is 0.333. The summed E-state index contributed by atoms with van der Waals surface area (Å²) < 4.78 is 13.1. The van der Waals surface area contributed by atoms with Crippen LogP contribution in [-0.4, -0.2) is 81.4 Å². The molecule has 2 saturated heterocycles. The van der Waals surface area contributed by atoms with E-state index in [1.165, 1.54) is 6.33 Å². The van der Waals surface area contributed by atoms with Crippen molar-refractivity contribution in [2.45, 2.75) is 24.9 Å². The SMILES string of the molecule is CN(CC=CC(=O)N1CCCC(n2nc(-c3ccc(Oc4ccccc4)cc3)c3c(N)ncnc32)C1)C1COC1. The Labute approximate surface area is 233 Å². The van der Waals surface area contributed by atoms with Crippen molar-refractivity contribution in [3.8, 4) is 22.8 Å². The third-order valence-corrected chi connectivity index (χ3v) is 7.58. The van der Waals surface area contributed by atoms with Gasteiger partial charge in [0.2, 0.25) is 5.91 Å². The minimum atomic E-state index is -0.0212. The van der Waals surface area contributed by atoms with Crippen molar-refractivity contribution >= 4 is 22.8 Å². The van der Waals surface area contributed by atoms with Gasteiger partial charge in [-0.05, 0) is 56.3 Å². The molecule has 2 aromatic carbocycles. The van der Waals surface area contributed by atoms with Crippen molar-refractivity contribution < 1.29 is 14.3 Å². The van der Waals surface area contributed by atoms with Gasteiger partial charge in [-0.1, -0.05) is 24.3 Å². The molecule has 4 aromatic rings. The van der Waals surface area contributed by atoms with Gasteiger partial charge in [-0.15, -0.1) is 0 Å². The van der Waals surface area contributed by atoms with Crippen LogP contribution in [0.25, 0.3) is 22.3 Å². The number of nitrogens with zero attached hydrogens (tertiary/aromatic N) is 6. The van der Waals surface area contributed by atoms with Gasteiger partial charge in [0.25, 0.3) is 0 Å². The third kappa shape index (κ3) is 5.41.